The molecule has 0 saturated heterocycles. The van der Waals surface area contributed by atoms with Crippen LogP contribution in [-0.4, -0.2) is 36.5 Å². The monoisotopic (exact) mass is 178 g/mol. The van der Waals surface area contributed by atoms with E-state index >= 15 is 0 Å². The van der Waals surface area contributed by atoms with Crippen LogP contribution in [-0.2, 0) is 9.53 Å². The van der Waals surface area contributed by atoms with Crippen LogP contribution in [0.4, 0.5) is 0 Å². The topological polar surface area (TPSA) is 66.8 Å². The molecule has 0 amide bonds. The second-order valence-corrected chi connectivity index (χ2v) is 2.15. The maximum atomic E-state index is 8.36. The molecule has 0 saturated carbocycles. The van der Waals surface area contributed by atoms with Gasteiger partial charge in [0.05, 0.1) is 13.2 Å². The molecule has 0 rings (SSSR count). The third kappa shape index (κ3) is 22.8. The summed E-state index contributed by atoms with van der Waals surface area (Å²) in [6.45, 7) is 3.34. The molecule has 4 heteroatoms. The third-order valence-corrected chi connectivity index (χ3v) is 1.13. The van der Waals surface area contributed by atoms with Crippen LogP contribution in [0, 0.1) is 0 Å². The van der Waals surface area contributed by atoms with Crippen LogP contribution >= 0.6 is 0 Å². The van der Waals surface area contributed by atoms with Crippen LogP contribution in [0.2, 0.25) is 0 Å². The van der Waals surface area contributed by atoms with E-state index in [0.29, 0.717) is 6.61 Å². The van der Waals surface area contributed by atoms with Gasteiger partial charge in [0.1, 0.15) is 0 Å². The molecule has 12 heavy (non-hydrogen) atoms. The summed E-state index contributed by atoms with van der Waals surface area (Å²) in [7, 11) is 0. The Labute approximate surface area is 73.2 Å². The molecule has 0 aliphatic heterocycles. The Kier molecular flexibility index (Phi) is 19.5. The minimum absolute atomic E-state index is 0.145. The maximum Gasteiger partial charge on any atom is 0.290 e. The first-order valence-electron chi connectivity index (χ1n) is 4.09. The van der Waals surface area contributed by atoms with Crippen molar-refractivity contribution in [2.24, 2.45) is 0 Å². The zero-order valence-electron chi connectivity index (χ0n) is 7.53. The van der Waals surface area contributed by atoms with Gasteiger partial charge in [0.15, 0.2) is 0 Å². The Morgan fingerprint density at radius 3 is 2.33 bits per heavy atom. The first-order valence-corrected chi connectivity index (χ1v) is 4.09. The van der Waals surface area contributed by atoms with Crippen molar-refractivity contribution in [1.29, 1.82) is 0 Å². The molecule has 0 radical (unpaired) electrons. The molecule has 0 aliphatic carbocycles. The third-order valence-electron chi connectivity index (χ3n) is 1.13. The standard InChI is InChI=1S/C7H16O2.CH2O2/c1-2-3-4-6-9-7-5-8;2-1-3/h8H,2-7H2,1H3;1H,(H,2,3). The molecule has 0 unspecified atom stereocenters. The average Bonchev–Trinajstić information content (AvgIpc) is 2.06. The van der Waals surface area contributed by atoms with Gasteiger partial charge in [-0.3, -0.25) is 4.79 Å². The van der Waals surface area contributed by atoms with Crippen molar-refractivity contribution >= 4 is 6.47 Å². The van der Waals surface area contributed by atoms with Crippen LogP contribution in [0.3, 0.4) is 0 Å². The van der Waals surface area contributed by atoms with Crippen LogP contribution in [0.1, 0.15) is 26.2 Å². The van der Waals surface area contributed by atoms with Gasteiger partial charge < -0.3 is 14.9 Å². The molecule has 4 nitrogen and oxygen atoms in total. The van der Waals surface area contributed by atoms with E-state index in [1.807, 2.05) is 0 Å². The first-order chi connectivity index (χ1) is 5.83. The van der Waals surface area contributed by atoms with E-state index in [2.05, 4.69) is 6.92 Å². The lowest BCUT2D eigenvalue weighted by molar-refractivity contribution is -0.122. The Hall–Kier alpha value is -0.610. The van der Waals surface area contributed by atoms with E-state index in [1.54, 1.807) is 0 Å². The molecule has 0 spiro atoms. The quantitative estimate of drug-likeness (QED) is 0.468. The van der Waals surface area contributed by atoms with E-state index in [1.165, 1.54) is 12.8 Å². The molecule has 0 aromatic heterocycles. The number of aliphatic hydroxyl groups is 1. The Morgan fingerprint density at radius 1 is 1.33 bits per heavy atom. The fourth-order valence-corrected chi connectivity index (χ4v) is 0.621. The number of aliphatic hydroxyl groups excluding tert-OH is 1. The molecule has 74 valence electrons. The van der Waals surface area contributed by atoms with E-state index in [4.69, 9.17) is 19.7 Å². The molecule has 0 heterocycles. The van der Waals surface area contributed by atoms with Crippen molar-refractivity contribution < 1.29 is 19.7 Å². The minimum atomic E-state index is -0.250. The van der Waals surface area contributed by atoms with E-state index < -0.39 is 0 Å². The predicted molar refractivity (Wildman–Crippen MR) is 46.1 cm³/mol. The summed E-state index contributed by atoms with van der Waals surface area (Å²) >= 11 is 0. The largest absolute Gasteiger partial charge is 0.483 e. The molecule has 0 fully saturated rings. The van der Waals surface area contributed by atoms with Crippen molar-refractivity contribution in [3.63, 3.8) is 0 Å². The highest BCUT2D eigenvalue weighted by atomic mass is 16.5. The van der Waals surface area contributed by atoms with Crippen molar-refractivity contribution in [3.8, 4) is 0 Å². The van der Waals surface area contributed by atoms with Gasteiger partial charge in [-0.1, -0.05) is 19.8 Å². The Balaban J connectivity index is 0. The van der Waals surface area contributed by atoms with Gasteiger partial charge >= 0.3 is 0 Å². The van der Waals surface area contributed by atoms with Gasteiger partial charge in [0.2, 0.25) is 0 Å². The SMILES string of the molecule is CCCCCOCCO.O=CO. The van der Waals surface area contributed by atoms with Crippen molar-refractivity contribution in [3.05, 3.63) is 0 Å². The second kappa shape index (κ2) is 16.8. The van der Waals surface area contributed by atoms with Crippen molar-refractivity contribution in [2.75, 3.05) is 19.8 Å². The number of carboxylic acid groups (broad SMARTS) is 1. The smallest absolute Gasteiger partial charge is 0.290 e. The summed E-state index contributed by atoms with van der Waals surface area (Å²) in [6, 6.07) is 0. The molecule has 0 aromatic carbocycles. The van der Waals surface area contributed by atoms with E-state index in [9.17, 15) is 0 Å². The summed E-state index contributed by atoms with van der Waals surface area (Å²) in [6.07, 6.45) is 3.57. The number of hydrogen-bond donors (Lipinski definition) is 2. The molecule has 0 aliphatic rings. The summed E-state index contributed by atoms with van der Waals surface area (Å²) in [5.41, 5.74) is 0. The van der Waals surface area contributed by atoms with Gasteiger partial charge in [0, 0.05) is 6.61 Å². The highest BCUT2D eigenvalue weighted by Crippen LogP contribution is 1.93. The molecule has 0 bridgehead atoms. The number of hydrogen-bond acceptors (Lipinski definition) is 3. The van der Waals surface area contributed by atoms with Crippen LogP contribution in [0.5, 0.6) is 0 Å². The van der Waals surface area contributed by atoms with Gasteiger partial charge in [-0.15, -0.1) is 0 Å². The fraction of sp³-hybridized carbons (Fsp3) is 0.875. The second-order valence-electron chi connectivity index (χ2n) is 2.15. The fourth-order valence-electron chi connectivity index (χ4n) is 0.621. The lowest BCUT2D eigenvalue weighted by Crippen LogP contribution is -2.00. The van der Waals surface area contributed by atoms with Gasteiger partial charge in [-0.25, -0.2) is 0 Å². The molecule has 2 N–H and O–H groups in total. The number of ether oxygens (including phenoxy) is 1. The van der Waals surface area contributed by atoms with Gasteiger partial charge in [-0.2, -0.15) is 0 Å². The average molecular weight is 178 g/mol. The molecular weight excluding hydrogens is 160 g/mol. The normalized spacial score (nSPS) is 8.50. The van der Waals surface area contributed by atoms with Crippen LogP contribution < -0.4 is 0 Å². The van der Waals surface area contributed by atoms with E-state index in [0.717, 1.165) is 13.0 Å². The zero-order valence-corrected chi connectivity index (χ0v) is 7.53. The summed E-state index contributed by atoms with van der Waals surface area (Å²) in [4.78, 5) is 8.36. The number of carbonyl (C=O) groups is 1. The summed E-state index contributed by atoms with van der Waals surface area (Å²) in [5.74, 6) is 0. The zero-order chi connectivity index (χ0) is 9.66. The minimum Gasteiger partial charge on any atom is -0.483 e. The molecule has 0 aromatic rings. The number of unbranched alkanes of at least 4 members (excludes halogenated alkanes) is 2. The van der Waals surface area contributed by atoms with Crippen molar-refractivity contribution in [2.45, 2.75) is 26.2 Å². The Morgan fingerprint density at radius 2 is 1.92 bits per heavy atom. The first kappa shape index (κ1) is 13.9. The van der Waals surface area contributed by atoms with Gasteiger partial charge in [-0.05, 0) is 6.42 Å². The molecular formula is C8H18O4. The van der Waals surface area contributed by atoms with Gasteiger partial charge in [0.25, 0.3) is 6.47 Å². The van der Waals surface area contributed by atoms with Crippen LogP contribution in [0.15, 0.2) is 0 Å². The lowest BCUT2D eigenvalue weighted by Gasteiger charge is -1.98. The highest BCUT2D eigenvalue weighted by Gasteiger charge is 1.85. The predicted octanol–water partition coefficient (Wildman–Crippen LogP) is 0.886. The summed E-state index contributed by atoms with van der Waals surface area (Å²) in [5, 5.41) is 15.2. The highest BCUT2D eigenvalue weighted by molar-refractivity contribution is 5.32. The maximum absolute atomic E-state index is 8.36. The number of rotatable bonds is 6. The lowest BCUT2D eigenvalue weighted by atomic mass is 10.3. The van der Waals surface area contributed by atoms with Crippen molar-refractivity contribution in [1.82, 2.24) is 0 Å². The summed E-state index contributed by atoms with van der Waals surface area (Å²) < 4.78 is 5.03. The van der Waals surface area contributed by atoms with Crippen LogP contribution in [0.25, 0.3) is 0 Å². The Bertz CT molecular complexity index is 69.5. The molecule has 0 atom stereocenters. The van der Waals surface area contributed by atoms with E-state index in [-0.39, 0.29) is 13.1 Å².